The number of aromatic nitrogens is 2. The Morgan fingerprint density at radius 3 is 2.83 bits per heavy atom. The smallest absolute Gasteiger partial charge is 0.222 e. The van der Waals surface area contributed by atoms with Crippen molar-refractivity contribution in [2.24, 2.45) is 7.05 Å². The number of hydrogen-bond acceptors (Lipinski definition) is 4. The van der Waals surface area contributed by atoms with Crippen LogP contribution in [-0.4, -0.2) is 64.1 Å². The number of imidazole rings is 1. The van der Waals surface area contributed by atoms with Crippen molar-refractivity contribution in [3.8, 4) is 0 Å². The van der Waals surface area contributed by atoms with Crippen molar-refractivity contribution in [3.05, 3.63) is 18.2 Å². The van der Waals surface area contributed by atoms with Crippen LogP contribution in [-0.2, 0) is 16.6 Å². The molecule has 2 rings (SSSR count). The van der Waals surface area contributed by atoms with Crippen LogP contribution in [0.25, 0.3) is 0 Å². The quantitative estimate of drug-likeness (QED) is 0.719. The molecule has 0 aliphatic carbocycles. The van der Waals surface area contributed by atoms with Crippen LogP contribution in [0.4, 0.5) is 0 Å². The zero-order valence-corrected chi connectivity index (χ0v) is 14.9. The standard InChI is InChI=1S/C17H30N4O2/c1-5-20-10-11-21(16(22)7-6-12-23-14(2)3)13-15(20)17-18-8-9-19(17)4/h8-9,14-15H,5-7,10-13H2,1-4H3/t15-/m0/s1. The number of nitrogens with zero attached hydrogens (tertiary/aromatic N) is 4. The Hall–Kier alpha value is -1.40. The second-order valence-electron chi connectivity index (χ2n) is 6.40. The first-order valence-corrected chi connectivity index (χ1v) is 8.63. The maximum absolute atomic E-state index is 12.5. The van der Waals surface area contributed by atoms with E-state index in [1.54, 1.807) is 0 Å². The second kappa shape index (κ2) is 8.45. The molecule has 1 fully saturated rings. The van der Waals surface area contributed by atoms with Crippen LogP contribution in [0, 0.1) is 0 Å². The van der Waals surface area contributed by atoms with Crippen molar-refractivity contribution in [3.63, 3.8) is 0 Å². The average Bonchev–Trinajstić information content (AvgIpc) is 2.96. The second-order valence-corrected chi connectivity index (χ2v) is 6.40. The van der Waals surface area contributed by atoms with Crippen molar-refractivity contribution in [1.82, 2.24) is 19.4 Å². The van der Waals surface area contributed by atoms with Gasteiger partial charge in [0.2, 0.25) is 5.91 Å². The molecule has 0 aromatic carbocycles. The van der Waals surface area contributed by atoms with Gasteiger partial charge in [0.15, 0.2) is 0 Å². The van der Waals surface area contributed by atoms with E-state index in [1.165, 1.54) is 0 Å². The molecule has 1 aliphatic heterocycles. The van der Waals surface area contributed by atoms with Gasteiger partial charge in [-0.2, -0.15) is 0 Å². The Morgan fingerprint density at radius 2 is 2.22 bits per heavy atom. The summed E-state index contributed by atoms with van der Waals surface area (Å²) in [5.41, 5.74) is 0. The maximum atomic E-state index is 12.5. The van der Waals surface area contributed by atoms with Gasteiger partial charge in [0.05, 0.1) is 12.1 Å². The summed E-state index contributed by atoms with van der Waals surface area (Å²) in [5, 5.41) is 0. The molecule has 2 heterocycles. The molecule has 0 N–H and O–H groups in total. The lowest BCUT2D eigenvalue weighted by Crippen LogP contribution is -2.50. The average molecular weight is 322 g/mol. The summed E-state index contributed by atoms with van der Waals surface area (Å²) >= 11 is 0. The minimum Gasteiger partial charge on any atom is -0.379 e. The van der Waals surface area contributed by atoms with Crippen LogP contribution in [0.3, 0.4) is 0 Å². The number of amides is 1. The zero-order chi connectivity index (χ0) is 16.8. The van der Waals surface area contributed by atoms with E-state index in [0.717, 1.165) is 38.4 Å². The summed E-state index contributed by atoms with van der Waals surface area (Å²) in [4.78, 5) is 21.3. The Labute approximate surface area is 139 Å². The minimum atomic E-state index is 0.185. The van der Waals surface area contributed by atoms with E-state index in [4.69, 9.17) is 4.74 Å². The molecule has 1 amide bonds. The topological polar surface area (TPSA) is 50.6 Å². The normalized spacial score (nSPS) is 19.5. The molecule has 0 saturated carbocycles. The van der Waals surface area contributed by atoms with Crippen molar-refractivity contribution < 1.29 is 9.53 Å². The predicted molar refractivity (Wildman–Crippen MR) is 90.1 cm³/mol. The van der Waals surface area contributed by atoms with Crippen molar-refractivity contribution >= 4 is 5.91 Å². The number of likely N-dealkylation sites (N-methyl/N-ethyl adjacent to an activating group) is 1. The van der Waals surface area contributed by atoms with Gasteiger partial charge in [-0.1, -0.05) is 6.92 Å². The molecule has 1 aliphatic rings. The zero-order valence-electron chi connectivity index (χ0n) is 14.9. The molecule has 0 spiro atoms. The van der Waals surface area contributed by atoms with Gasteiger partial charge < -0.3 is 14.2 Å². The minimum absolute atomic E-state index is 0.185. The van der Waals surface area contributed by atoms with Gasteiger partial charge in [-0.05, 0) is 26.8 Å². The molecule has 1 saturated heterocycles. The van der Waals surface area contributed by atoms with E-state index in [1.807, 2.05) is 38.2 Å². The lowest BCUT2D eigenvalue weighted by atomic mass is 10.1. The third kappa shape index (κ3) is 4.78. The van der Waals surface area contributed by atoms with Crippen molar-refractivity contribution in [2.45, 2.75) is 45.8 Å². The number of hydrogen-bond donors (Lipinski definition) is 0. The van der Waals surface area contributed by atoms with Crippen LogP contribution >= 0.6 is 0 Å². The highest BCUT2D eigenvalue weighted by Gasteiger charge is 2.31. The fraction of sp³-hybridized carbons (Fsp3) is 0.765. The highest BCUT2D eigenvalue weighted by atomic mass is 16.5. The first-order chi connectivity index (χ1) is 11.0. The largest absolute Gasteiger partial charge is 0.379 e. The molecule has 130 valence electrons. The molecular weight excluding hydrogens is 292 g/mol. The molecule has 0 bridgehead atoms. The van der Waals surface area contributed by atoms with Crippen LogP contribution in [0.5, 0.6) is 0 Å². The monoisotopic (exact) mass is 322 g/mol. The Morgan fingerprint density at radius 1 is 1.43 bits per heavy atom. The number of ether oxygens (including phenoxy) is 1. The van der Waals surface area contributed by atoms with Gasteiger partial charge in [0, 0.05) is 52.1 Å². The molecule has 23 heavy (non-hydrogen) atoms. The van der Waals surface area contributed by atoms with Crippen molar-refractivity contribution in [1.29, 1.82) is 0 Å². The molecule has 1 aromatic rings. The number of aryl methyl sites for hydroxylation is 1. The van der Waals surface area contributed by atoms with Gasteiger partial charge in [-0.3, -0.25) is 9.69 Å². The Kier molecular flexibility index (Phi) is 6.59. The number of piperazine rings is 1. The molecule has 0 unspecified atom stereocenters. The number of rotatable bonds is 7. The van der Waals surface area contributed by atoms with Gasteiger partial charge in [-0.15, -0.1) is 0 Å². The van der Waals surface area contributed by atoms with Crippen molar-refractivity contribution in [2.75, 3.05) is 32.8 Å². The van der Waals surface area contributed by atoms with Crippen LogP contribution < -0.4 is 0 Å². The van der Waals surface area contributed by atoms with Crippen LogP contribution in [0.15, 0.2) is 12.4 Å². The summed E-state index contributed by atoms with van der Waals surface area (Å²) < 4.78 is 7.57. The maximum Gasteiger partial charge on any atom is 0.222 e. The van der Waals surface area contributed by atoms with Gasteiger partial charge in [0.1, 0.15) is 5.82 Å². The molecule has 6 nitrogen and oxygen atoms in total. The Balaban J connectivity index is 1.91. The van der Waals surface area contributed by atoms with Gasteiger partial charge in [-0.25, -0.2) is 4.98 Å². The van der Waals surface area contributed by atoms with Crippen LogP contribution in [0.2, 0.25) is 0 Å². The van der Waals surface area contributed by atoms with E-state index in [0.29, 0.717) is 13.0 Å². The third-order valence-electron chi connectivity index (χ3n) is 4.39. The summed E-state index contributed by atoms with van der Waals surface area (Å²) in [6.45, 7) is 10.3. The first kappa shape index (κ1) is 17.9. The van der Waals surface area contributed by atoms with E-state index in [2.05, 4.69) is 21.4 Å². The summed E-state index contributed by atoms with van der Waals surface area (Å²) in [6.07, 6.45) is 5.37. The number of carbonyl (C=O) groups excluding carboxylic acids is 1. The highest BCUT2D eigenvalue weighted by molar-refractivity contribution is 5.76. The summed E-state index contributed by atoms with van der Waals surface area (Å²) in [6, 6.07) is 0.185. The molecule has 6 heteroatoms. The van der Waals surface area contributed by atoms with E-state index in [9.17, 15) is 4.79 Å². The van der Waals surface area contributed by atoms with Crippen LogP contribution in [0.1, 0.15) is 45.5 Å². The first-order valence-electron chi connectivity index (χ1n) is 8.63. The number of carbonyl (C=O) groups is 1. The van der Waals surface area contributed by atoms with E-state index < -0.39 is 0 Å². The fourth-order valence-electron chi connectivity index (χ4n) is 3.07. The fourth-order valence-corrected chi connectivity index (χ4v) is 3.07. The third-order valence-corrected chi connectivity index (χ3v) is 4.39. The highest BCUT2D eigenvalue weighted by Crippen LogP contribution is 2.24. The van der Waals surface area contributed by atoms with E-state index >= 15 is 0 Å². The summed E-state index contributed by atoms with van der Waals surface area (Å²) in [5.74, 6) is 1.26. The van der Waals surface area contributed by atoms with Gasteiger partial charge in [0.25, 0.3) is 0 Å². The summed E-state index contributed by atoms with van der Waals surface area (Å²) in [7, 11) is 2.01. The molecule has 0 radical (unpaired) electrons. The predicted octanol–water partition coefficient (Wildman–Crippen LogP) is 1.83. The molecule has 1 aromatic heterocycles. The lowest BCUT2D eigenvalue weighted by Gasteiger charge is -2.40. The van der Waals surface area contributed by atoms with E-state index in [-0.39, 0.29) is 18.1 Å². The van der Waals surface area contributed by atoms with Gasteiger partial charge >= 0.3 is 0 Å². The SMILES string of the molecule is CCN1CCN(C(=O)CCCOC(C)C)C[C@H]1c1nccn1C. The lowest BCUT2D eigenvalue weighted by molar-refractivity contribution is -0.134. The Bertz CT molecular complexity index is 501. The molecular formula is C17H30N4O2. The molecule has 1 atom stereocenters.